The second kappa shape index (κ2) is 3.18. The van der Waals surface area contributed by atoms with E-state index in [1.165, 1.54) is 10.9 Å². The van der Waals surface area contributed by atoms with Crippen LogP contribution in [0.15, 0.2) is 36.9 Å². The average molecular weight is 183 g/mol. The summed E-state index contributed by atoms with van der Waals surface area (Å²) in [5, 5.41) is 2.29. The Kier molecular flexibility index (Phi) is 2.01. The summed E-state index contributed by atoms with van der Waals surface area (Å²) in [5.41, 5.74) is 9.10. The molecule has 0 aliphatic carbocycles. The van der Waals surface area contributed by atoms with Crippen molar-refractivity contribution in [2.75, 3.05) is 5.73 Å². The smallest absolute Gasteiger partial charge is 0.0399 e. The lowest BCUT2D eigenvalue weighted by Gasteiger charge is -2.07. The number of anilines is 1. The highest BCUT2D eigenvalue weighted by molar-refractivity contribution is 5.99. The zero-order chi connectivity index (χ0) is 10.1. The van der Waals surface area contributed by atoms with Gasteiger partial charge in [0.05, 0.1) is 0 Å². The minimum atomic E-state index is 0.817. The molecule has 0 aliphatic heterocycles. The second-order valence-electron chi connectivity index (χ2n) is 3.50. The number of hydrogen-bond acceptors (Lipinski definition) is 1. The van der Waals surface area contributed by atoms with Gasteiger partial charge in [0.1, 0.15) is 0 Å². The molecular formula is C13H13N. The summed E-state index contributed by atoms with van der Waals surface area (Å²) in [7, 11) is 0. The number of nitrogens with two attached hydrogens (primary N) is 1. The van der Waals surface area contributed by atoms with Gasteiger partial charge in [-0.3, -0.25) is 0 Å². The summed E-state index contributed by atoms with van der Waals surface area (Å²) in [6, 6.07) is 10.2. The summed E-state index contributed by atoms with van der Waals surface area (Å²) in [5.74, 6) is 0. The molecule has 0 aliphatic rings. The normalized spacial score (nSPS) is 10.4. The van der Waals surface area contributed by atoms with Crippen LogP contribution in [0, 0.1) is 6.92 Å². The second-order valence-corrected chi connectivity index (χ2v) is 3.50. The largest absolute Gasteiger partial charge is 0.398 e. The summed E-state index contributed by atoms with van der Waals surface area (Å²) in [6.45, 7) is 5.89. The van der Waals surface area contributed by atoms with Crippen LogP contribution in [0.2, 0.25) is 0 Å². The molecule has 0 unspecified atom stereocenters. The molecule has 0 saturated heterocycles. The lowest BCUT2D eigenvalue weighted by molar-refractivity contribution is 1.49. The molecule has 0 atom stereocenters. The topological polar surface area (TPSA) is 26.0 Å². The van der Waals surface area contributed by atoms with E-state index < -0.39 is 0 Å². The molecule has 70 valence electrons. The lowest BCUT2D eigenvalue weighted by Crippen LogP contribution is -1.89. The van der Waals surface area contributed by atoms with Crippen LogP contribution < -0.4 is 5.73 Å². The number of nitrogen functional groups attached to an aromatic ring is 1. The van der Waals surface area contributed by atoms with E-state index in [-0.39, 0.29) is 0 Å². The predicted molar refractivity (Wildman–Crippen MR) is 63.2 cm³/mol. The van der Waals surface area contributed by atoms with Crippen LogP contribution in [-0.4, -0.2) is 0 Å². The van der Waals surface area contributed by atoms with E-state index in [0.29, 0.717) is 0 Å². The molecule has 0 aromatic heterocycles. The Labute approximate surface area is 83.9 Å². The Bertz CT molecular complexity index is 498. The van der Waals surface area contributed by atoms with Crippen LogP contribution in [0.4, 0.5) is 5.69 Å². The summed E-state index contributed by atoms with van der Waals surface area (Å²) in [6.07, 6.45) is 1.85. The Morgan fingerprint density at radius 1 is 1.29 bits per heavy atom. The standard InChI is InChI=1S/C13H13N/c1-3-10-7-9(2)8-11-5-4-6-12(14)13(10)11/h3-8H,1,14H2,2H3. The molecule has 2 aromatic carbocycles. The molecule has 1 nitrogen and oxygen atoms in total. The van der Waals surface area contributed by atoms with Crippen LogP contribution in [-0.2, 0) is 0 Å². The summed E-state index contributed by atoms with van der Waals surface area (Å²) >= 11 is 0. The molecule has 2 rings (SSSR count). The van der Waals surface area contributed by atoms with Gasteiger partial charge < -0.3 is 5.73 Å². The van der Waals surface area contributed by atoms with E-state index >= 15 is 0 Å². The van der Waals surface area contributed by atoms with E-state index in [1.807, 2.05) is 18.2 Å². The molecule has 14 heavy (non-hydrogen) atoms. The van der Waals surface area contributed by atoms with Gasteiger partial charge in [-0.05, 0) is 29.5 Å². The van der Waals surface area contributed by atoms with Crippen molar-refractivity contribution in [1.29, 1.82) is 0 Å². The summed E-state index contributed by atoms with van der Waals surface area (Å²) in [4.78, 5) is 0. The molecule has 1 heteroatoms. The zero-order valence-corrected chi connectivity index (χ0v) is 8.25. The molecule has 0 saturated carbocycles. The van der Waals surface area contributed by atoms with Crippen molar-refractivity contribution in [1.82, 2.24) is 0 Å². The number of rotatable bonds is 1. The third-order valence-corrected chi connectivity index (χ3v) is 2.40. The highest BCUT2D eigenvalue weighted by Crippen LogP contribution is 2.26. The molecule has 2 aromatic rings. The van der Waals surface area contributed by atoms with Gasteiger partial charge in [-0.15, -0.1) is 0 Å². The van der Waals surface area contributed by atoms with E-state index in [9.17, 15) is 0 Å². The quantitative estimate of drug-likeness (QED) is 0.674. The van der Waals surface area contributed by atoms with Gasteiger partial charge in [-0.25, -0.2) is 0 Å². The molecule has 0 fully saturated rings. The predicted octanol–water partition coefficient (Wildman–Crippen LogP) is 3.37. The van der Waals surface area contributed by atoms with Gasteiger partial charge in [-0.2, -0.15) is 0 Å². The minimum absolute atomic E-state index is 0.817. The van der Waals surface area contributed by atoms with E-state index in [0.717, 1.165) is 16.6 Å². The monoisotopic (exact) mass is 183 g/mol. The Morgan fingerprint density at radius 3 is 2.79 bits per heavy atom. The number of hydrogen-bond donors (Lipinski definition) is 1. The third-order valence-electron chi connectivity index (χ3n) is 2.40. The molecule has 0 amide bonds. The van der Waals surface area contributed by atoms with Crippen molar-refractivity contribution in [2.45, 2.75) is 6.92 Å². The highest BCUT2D eigenvalue weighted by atomic mass is 14.5. The fourth-order valence-corrected chi connectivity index (χ4v) is 1.81. The van der Waals surface area contributed by atoms with Crippen LogP contribution in [0.3, 0.4) is 0 Å². The lowest BCUT2D eigenvalue weighted by atomic mass is 10.00. The van der Waals surface area contributed by atoms with Gasteiger partial charge in [0.15, 0.2) is 0 Å². The van der Waals surface area contributed by atoms with Crippen LogP contribution in [0.5, 0.6) is 0 Å². The van der Waals surface area contributed by atoms with Crippen molar-refractivity contribution in [2.24, 2.45) is 0 Å². The zero-order valence-electron chi connectivity index (χ0n) is 8.25. The average Bonchev–Trinajstić information content (AvgIpc) is 2.16. The maximum atomic E-state index is 5.93. The summed E-state index contributed by atoms with van der Waals surface area (Å²) < 4.78 is 0. The highest BCUT2D eigenvalue weighted by Gasteiger charge is 2.02. The number of benzene rings is 2. The van der Waals surface area contributed by atoms with Crippen molar-refractivity contribution >= 4 is 22.5 Å². The van der Waals surface area contributed by atoms with Gasteiger partial charge in [0.2, 0.25) is 0 Å². The van der Waals surface area contributed by atoms with Crippen molar-refractivity contribution in [3.8, 4) is 0 Å². The fraction of sp³-hybridized carbons (Fsp3) is 0.0769. The van der Waals surface area contributed by atoms with Gasteiger partial charge in [0, 0.05) is 11.1 Å². The van der Waals surface area contributed by atoms with Crippen molar-refractivity contribution in [3.05, 3.63) is 48.0 Å². The van der Waals surface area contributed by atoms with Crippen LogP contribution >= 0.6 is 0 Å². The van der Waals surface area contributed by atoms with E-state index in [2.05, 4.69) is 31.7 Å². The van der Waals surface area contributed by atoms with Crippen molar-refractivity contribution < 1.29 is 0 Å². The first-order valence-corrected chi connectivity index (χ1v) is 4.63. The third kappa shape index (κ3) is 1.27. The first-order chi connectivity index (χ1) is 6.72. The van der Waals surface area contributed by atoms with Gasteiger partial charge >= 0.3 is 0 Å². The Balaban J connectivity index is 2.95. The van der Waals surface area contributed by atoms with Crippen molar-refractivity contribution in [3.63, 3.8) is 0 Å². The molecule has 0 radical (unpaired) electrons. The van der Waals surface area contributed by atoms with Gasteiger partial charge in [0.25, 0.3) is 0 Å². The van der Waals surface area contributed by atoms with E-state index in [1.54, 1.807) is 0 Å². The molecular weight excluding hydrogens is 170 g/mol. The molecule has 0 bridgehead atoms. The maximum Gasteiger partial charge on any atom is 0.0399 e. The minimum Gasteiger partial charge on any atom is -0.398 e. The first kappa shape index (κ1) is 8.82. The number of fused-ring (bicyclic) bond motifs is 1. The SMILES string of the molecule is C=Cc1cc(C)cc2cccc(N)c12. The van der Waals surface area contributed by atoms with Crippen LogP contribution in [0.25, 0.3) is 16.8 Å². The molecule has 0 spiro atoms. The maximum absolute atomic E-state index is 5.93. The van der Waals surface area contributed by atoms with Crippen LogP contribution in [0.1, 0.15) is 11.1 Å². The van der Waals surface area contributed by atoms with E-state index in [4.69, 9.17) is 5.73 Å². The first-order valence-electron chi connectivity index (χ1n) is 4.63. The number of aryl methyl sites for hydroxylation is 1. The van der Waals surface area contributed by atoms with Gasteiger partial charge in [-0.1, -0.05) is 36.9 Å². The molecule has 2 N–H and O–H groups in total. The Hall–Kier alpha value is -1.76. The Morgan fingerprint density at radius 2 is 2.07 bits per heavy atom. The fourth-order valence-electron chi connectivity index (χ4n) is 1.81. The molecule has 0 heterocycles.